The topological polar surface area (TPSA) is 114 Å². The molecule has 2 amide bonds. The number of hydrogen-bond donors (Lipinski definition) is 2. The fraction of sp³-hybridized carbons (Fsp3) is 0.214. The van der Waals surface area contributed by atoms with Gasteiger partial charge in [0, 0.05) is 43.2 Å². The highest BCUT2D eigenvalue weighted by molar-refractivity contribution is 6.10. The van der Waals surface area contributed by atoms with Gasteiger partial charge in [0.05, 0.1) is 11.5 Å². The van der Waals surface area contributed by atoms with Crippen LogP contribution < -0.4 is 20.3 Å². The Kier molecular flexibility index (Phi) is 9.37. The van der Waals surface area contributed by atoms with Gasteiger partial charge in [-0.2, -0.15) is 0 Å². The molecule has 0 unspecified atom stereocenters. The molecule has 0 saturated carbocycles. The number of benzene rings is 3. The van der Waals surface area contributed by atoms with Crippen molar-refractivity contribution in [1.82, 2.24) is 5.32 Å². The molecule has 0 radical (unpaired) electrons. The number of nitrogens with zero attached hydrogens (tertiary/aromatic N) is 2. The maximum atomic E-state index is 13.1. The van der Waals surface area contributed by atoms with Crippen molar-refractivity contribution in [3.05, 3.63) is 99.7 Å². The van der Waals surface area contributed by atoms with Gasteiger partial charge in [0.15, 0.2) is 0 Å². The number of hydrogen-bond acceptors (Lipinski definition) is 6. The monoisotopic (exact) mass is 502 g/mol. The number of ether oxygens (including phenoxy) is 1. The molecule has 0 aliphatic carbocycles. The summed E-state index contributed by atoms with van der Waals surface area (Å²) in [5.74, 6) is -0.369. The first-order chi connectivity index (χ1) is 17.8. The zero-order chi connectivity index (χ0) is 26.8. The number of amides is 2. The molecule has 0 spiro atoms. The van der Waals surface area contributed by atoms with E-state index in [9.17, 15) is 19.7 Å². The third-order valence-corrected chi connectivity index (χ3v) is 5.43. The van der Waals surface area contributed by atoms with Crippen molar-refractivity contribution in [2.45, 2.75) is 19.8 Å². The molecule has 3 aromatic carbocycles. The second kappa shape index (κ2) is 12.9. The lowest BCUT2D eigenvalue weighted by molar-refractivity contribution is -0.384. The van der Waals surface area contributed by atoms with Crippen molar-refractivity contribution in [1.29, 1.82) is 0 Å². The lowest BCUT2D eigenvalue weighted by atomic mass is 10.1. The van der Waals surface area contributed by atoms with Crippen LogP contribution in [-0.4, -0.2) is 37.4 Å². The number of unbranched alkanes of at least 4 members (excludes halogenated alkanes) is 1. The fourth-order valence-corrected chi connectivity index (χ4v) is 3.29. The highest BCUT2D eigenvalue weighted by atomic mass is 16.6. The largest absolute Gasteiger partial charge is 0.494 e. The summed E-state index contributed by atoms with van der Waals surface area (Å²) in [5, 5.41) is 16.3. The van der Waals surface area contributed by atoms with Gasteiger partial charge in [-0.25, -0.2) is 0 Å². The summed E-state index contributed by atoms with van der Waals surface area (Å²) in [7, 11) is 3.85. The number of non-ortho nitro benzene ring substituents is 1. The van der Waals surface area contributed by atoms with Gasteiger partial charge in [0.25, 0.3) is 17.5 Å². The smallest absolute Gasteiger partial charge is 0.272 e. The number of rotatable bonds is 11. The molecule has 0 aliphatic rings. The summed E-state index contributed by atoms with van der Waals surface area (Å²) in [6.07, 6.45) is 3.53. The molecule has 0 bridgehead atoms. The molecule has 3 rings (SSSR count). The second-order valence-electron chi connectivity index (χ2n) is 8.48. The first-order valence-electron chi connectivity index (χ1n) is 11.9. The van der Waals surface area contributed by atoms with E-state index < -0.39 is 16.7 Å². The number of nitrogens with one attached hydrogen (secondary N) is 2. The van der Waals surface area contributed by atoms with E-state index in [2.05, 4.69) is 17.6 Å². The summed E-state index contributed by atoms with van der Waals surface area (Å²) in [4.78, 5) is 38.4. The fourth-order valence-electron chi connectivity index (χ4n) is 3.29. The van der Waals surface area contributed by atoms with Crippen LogP contribution in [0.25, 0.3) is 6.08 Å². The number of carbonyl (C=O) groups is 2. The first-order valence-corrected chi connectivity index (χ1v) is 11.9. The normalized spacial score (nSPS) is 10.9. The number of nitro benzene ring substituents is 1. The average Bonchev–Trinajstić information content (AvgIpc) is 2.89. The van der Waals surface area contributed by atoms with Crippen LogP contribution in [-0.2, 0) is 4.79 Å². The number of anilines is 2. The molecule has 37 heavy (non-hydrogen) atoms. The van der Waals surface area contributed by atoms with Crippen LogP contribution in [0.4, 0.5) is 17.1 Å². The van der Waals surface area contributed by atoms with Crippen LogP contribution in [0, 0.1) is 10.1 Å². The molecule has 0 aromatic heterocycles. The summed E-state index contributed by atoms with van der Waals surface area (Å²) in [5.41, 5.74) is 2.33. The average molecular weight is 503 g/mol. The molecular formula is C28H30N4O5. The van der Waals surface area contributed by atoms with Gasteiger partial charge >= 0.3 is 0 Å². The van der Waals surface area contributed by atoms with Crippen LogP contribution in [0.15, 0.2) is 78.5 Å². The van der Waals surface area contributed by atoms with Gasteiger partial charge in [-0.05, 0) is 66.6 Å². The summed E-state index contributed by atoms with van der Waals surface area (Å²) < 4.78 is 5.64. The zero-order valence-corrected chi connectivity index (χ0v) is 21.1. The maximum absolute atomic E-state index is 13.1. The van der Waals surface area contributed by atoms with Crippen LogP contribution in [0.3, 0.4) is 0 Å². The Labute approximate surface area is 215 Å². The van der Waals surface area contributed by atoms with E-state index in [0.717, 1.165) is 18.5 Å². The Hall–Kier alpha value is -4.66. The number of carbonyl (C=O) groups excluding carboxylic acids is 2. The van der Waals surface area contributed by atoms with Crippen molar-refractivity contribution in [3.8, 4) is 5.75 Å². The van der Waals surface area contributed by atoms with Gasteiger partial charge in [0.1, 0.15) is 11.4 Å². The molecule has 0 fully saturated rings. The zero-order valence-electron chi connectivity index (χ0n) is 21.1. The van der Waals surface area contributed by atoms with E-state index in [1.807, 2.05) is 43.3 Å². The summed E-state index contributed by atoms with van der Waals surface area (Å²) >= 11 is 0. The summed E-state index contributed by atoms with van der Waals surface area (Å²) in [6.45, 7) is 2.68. The van der Waals surface area contributed by atoms with E-state index in [1.165, 1.54) is 24.3 Å². The molecule has 192 valence electrons. The third kappa shape index (κ3) is 7.93. The van der Waals surface area contributed by atoms with E-state index in [1.54, 1.807) is 30.3 Å². The van der Waals surface area contributed by atoms with E-state index in [0.29, 0.717) is 29.2 Å². The third-order valence-electron chi connectivity index (χ3n) is 5.43. The molecule has 0 saturated heterocycles. The molecule has 3 aromatic rings. The minimum Gasteiger partial charge on any atom is -0.494 e. The predicted molar refractivity (Wildman–Crippen MR) is 145 cm³/mol. The molecule has 2 N–H and O–H groups in total. The molecule has 0 aliphatic heterocycles. The van der Waals surface area contributed by atoms with E-state index in [-0.39, 0.29) is 11.4 Å². The maximum Gasteiger partial charge on any atom is 0.272 e. The SMILES string of the molecule is CCCCOc1ccc(C(=O)NC(=Cc2ccc(N(C)C)cc2)C(=O)Nc2ccc([N+](=O)[O-])cc2)cc1. The highest BCUT2D eigenvalue weighted by Gasteiger charge is 2.16. The Morgan fingerprint density at radius 2 is 1.62 bits per heavy atom. The van der Waals surface area contributed by atoms with Gasteiger partial charge in [-0.1, -0.05) is 25.5 Å². The standard InChI is InChI=1S/C28H30N4O5/c1-4-5-18-37-25-16-8-21(9-17-25)27(33)30-26(19-20-6-12-23(13-7-20)31(2)3)28(34)29-22-10-14-24(15-11-22)32(35)36/h6-17,19H,4-5,18H2,1-3H3,(H,29,34)(H,30,33). The molecule has 9 nitrogen and oxygen atoms in total. The Morgan fingerprint density at radius 1 is 0.973 bits per heavy atom. The number of nitro groups is 1. The van der Waals surface area contributed by atoms with Gasteiger partial charge < -0.3 is 20.3 Å². The van der Waals surface area contributed by atoms with Gasteiger partial charge in [-0.3, -0.25) is 19.7 Å². The summed E-state index contributed by atoms with van der Waals surface area (Å²) in [6, 6.07) is 19.6. The molecular weight excluding hydrogens is 472 g/mol. The van der Waals surface area contributed by atoms with Crippen LogP contribution >= 0.6 is 0 Å². The van der Waals surface area contributed by atoms with Gasteiger partial charge in [-0.15, -0.1) is 0 Å². The van der Waals surface area contributed by atoms with E-state index >= 15 is 0 Å². The highest BCUT2D eigenvalue weighted by Crippen LogP contribution is 2.18. The van der Waals surface area contributed by atoms with E-state index in [4.69, 9.17) is 4.74 Å². The first kappa shape index (κ1) is 26.9. The minimum atomic E-state index is -0.571. The van der Waals surface area contributed by atoms with Crippen molar-refractivity contribution in [3.63, 3.8) is 0 Å². The quantitative estimate of drug-likeness (QED) is 0.160. The Morgan fingerprint density at radius 3 is 2.19 bits per heavy atom. The second-order valence-corrected chi connectivity index (χ2v) is 8.48. The molecule has 0 heterocycles. The van der Waals surface area contributed by atoms with Crippen LogP contribution in [0.1, 0.15) is 35.7 Å². The lowest BCUT2D eigenvalue weighted by Crippen LogP contribution is -2.30. The van der Waals surface area contributed by atoms with Crippen LogP contribution in [0.2, 0.25) is 0 Å². The van der Waals surface area contributed by atoms with Crippen molar-refractivity contribution in [2.75, 3.05) is 30.9 Å². The molecule has 9 heteroatoms. The van der Waals surface area contributed by atoms with Crippen molar-refractivity contribution in [2.24, 2.45) is 0 Å². The Bertz CT molecular complexity index is 1250. The van der Waals surface area contributed by atoms with Crippen molar-refractivity contribution < 1.29 is 19.2 Å². The predicted octanol–water partition coefficient (Wildman–Crippen LogP) is 5.25. The Balaban J connectivity index is 1.81. The van der Waals surface area contributed by atoms with Crippen LogP contribution in [0.5, 0.6) is 5.75 Å². The molecule has 0 atom stereocenters. The van der Waals surface area contributed by atoms with Crippen molar-refractivity contribution >= 4 is 35.0 Å². The van der Waals surface area contributed by atoms with Gasteiger partial charge in [0.2, 0.25) is 0 Å². The minimum absolute atomic E-state index is 0.0178. The lowest BCUT2D eigenvalue weighted by Gasteiger charge is -2.13.